The Labute approximate surface area is 105 Å². The van der Waals surface area contributed by atoms with Crippen LogP contribution in [-0.4, -0.2) is 31.9 Å². The van der Waals surface area contributed by atoms with Gasteiger partial charge in [-0.2, -0.15) is 0 Å². The number of hydroxylamine groups is 1. The minimum atomic E-state index is -0.429. The van der Waals surface area contributed by atoms with E-state index in [4.69, 9.17) is 19.4 Å². The minimum absolute atomic E-state index is 0.206. The van der Waals surface area contributed by atoms with Crippen LogP contribution >= 0.6 is 0 Å². The van der Waals surface area contributed by atoms with Crippen molar-refractivity contribution in [3.05, 3.63) is 18.2 Å². The number of amides is 1. The molecule has 0 aliphatic rings. The summed E-state index contributed by atoms with van der Waals surface area (Å²) in [5.41, 5.74) is 1.57. The van der Waals surface area contributed by atoms with E-state index in [1.807, 2.05) is 0 Å². The third-order valence-corrected chi connectivity index (χ3v) is 2.27. The summed E-state index contributed by atoms with van der Waals surface area (Å²) in [6.07, 6.45) is 0.712. The van der Waals surface area contributed by atoms with Gasteiger partial charge >= 0.3 is 0 Å². The molecule has 6 heteroatoms. The van der Waals surface area contributed by atoms with Gasteiger partial charge in [0, 0.05) is 24.6 Å². The predicted octanol–water partition coefficient (Wildman–Crippen LogP) is 1.37. The monoisotopic (exact) mass is 255 g/mol. The van der Waals surface area contributed by atoms with Crippen LogP contribution in [-0.2, 0) is 4.79 Å². The quantitative estimate of drug-likeness (QED) is 0.437. The first-order chi connectivity index (χ1) is 8.69. The Morgan fingerprint density at radius 3 is 2.22 bits per heavy atom. The summed E-state index contributed by atoms with van der Waals surface area (Å²) < 4.78 is 15.7. The molecule has 0 atom stereocenters. The van der Waals surface area contributed by atoms with Crippen molar-refractivity contribution < 1.29 is 24.2 Å². The molecule has 0 bridgehead atoms. The maximum Gasteiger partial charge on any atom is 0.243 e. The van der Waals surface area contributed by atoms with E-state index in [9.17, 15) is 4.79 Å². The molecular weight excluding hydrogens is 238 g/mol. The Bertz CT molecular complexity index is 372. The number of ether oxygens (including phenoxy) is 3. The van der Waals surface area contributed by atoms with Crippen LogP contribution < -0.4 is 19.7 Å². The second kappa shape index (κ2) is 7.39. The van der Waals surface area contributed by atoms with Crippen LogP contribution in [0.4, 0.5) is 0 Å². The largest absolute Gasteiger partial charge is 0.496 e. The number of hydrogen-bond acceptors (Lipinski definition) is 5. The Balaban J connectivity index is 2.48. The molecule has 0 fully saturated rings. The number of hydrogen-bond donors (Lipinski definition) is 2. The number of rotatable bonds is 7. The summed E-state index contributed by atoms with van der Waals surface area (Å²) in [6.45, 7) is 0.365. The molecule has 0 spiro atoms. The molecule has 1 aromatic rings. The van der Waals surface area contributed by atoms with Crippen molar-refractivity contribution in [2.24, 2.45) is 0 Å². The van der Waals surface area contributed by atoms with Gasteiger partial charge < -0.3 is 14.2 Å². The van der Waals surface area contributed by atoms with Crippen LogP contribution in [0.1, 0.15) is 12.8 Å². The molecule has 1 aromatic carbocycles. The smallest absolute Gasteiger partial charge is 0.243 e. The number of nitrogens with one attached hydrogen (secondary N) is 1. The number of benzene rings is 1. The van der Waals surface area contributed by atoms with Crippen molar-refractivity contribution in [1.29, 1.82) is 0 Å². The van der Waals surface area contributed by atoms with E-state index in [1.54, 1.807) is 37.9 Å². The zero-order valence-corrected chi connectivity index (χ0v) is 10.4. The van der Waals surface area contributed by atoms with Crippen molar-refractivity contribution in [2.45, 2.75) is 12.8 Å². The molecule has 1 amide bonds. The highest BCUT2D eigenvalue weighted by Crippen LogP contribution is 2.27. The van der Waals surface area contributed by atoms with E-state index >= 15 is 0 Å². The molecule has 0 radical (unpaired) electrons. The maximum atomic E-state index is 10.8. The van der Waals surface area contributed by atoms with Crippen LogP contribution in [0.25, 0.3) is 0 Å². The molecule has 0 saturated carbocycles. The summed E-state index contributed by atoms with van der Waals surface area (Å²) >= 11 is 0. The minimum Gasteiger partial charge on any atom is -0.496 e. The van der Waals surface area contributed by atoms with Gasteiger partial charge in [0.2, 0.25) is 5.91 Å². The fourth-order valence-electron chi connectivity index (χ4n) is 1.34. The molecule has 0 aliphatic carbocycles. The summed E-state index contributed by atoms with van der Waals surface area (Å²) in [5.74, 6) is 1.45. The van der Waals surface area contributed by atoms with Gasteiger partial charge in [-0.05, 0) is 6.42 Å². The molecule has 100 valence electrons. The zero-order valence-electron chi connectivity index (χ0n) is 10.4. The van der Waals surface area contributed by atoms with Gasteiger partial charge in [-0.1, -0.05) is 0 Å². The summed E-state index contributed by atoms with van der Waals surface area (Å²) in [5, 5.41) is 8.31. The van der Waals surface area contributed by atoms with E-state index < -0.39 is 5.91 Å². The number of carbonyl (C=O) groups is 1. The van der Waals surface area contributed by atoms with Gasteiger partial charge in [-0.3, -0.25) is 10.0 Å². The van der Waals surface area contributed by atoms with Crippen molar-refractivity contribution >= 4 is 5.91 Å². The number of methoxy groups -OCH3 is 2. The molecule has 0 saturated heterocycles. The summed E-state index contributed by atoms with van der Waals surface area (Å²) in [7, 11) is 3.12. The first kappa shape index (κ1) is 14.1. The van der Waals surface area contributed by atoms with Crippen LogP contribution in [0.15, 0.2) is 18.2 Å². The second-order valence-corrected chi connectivity index (χ2v) is 3.54. The molecule has 18 heavy (non-hydrogen) atoms. The van der Waals surface area contributed by atoms with Crippen molar-refractivity contribution in [2.75, 3.05) is 20.8 Å². The van der Waals surface area contributed by atoms with Crippen molar-refractivity contribution in [3.63, 3.8) is 0 Å². The molecule has 0 heterocycles. The van der Waals surface area contributed by atoms with Crippen LogP contribution in [0.3, 0.4) is 0 Å². The molecular formula is C12H17NO5. The van der Waals surface area contributed by atoms with E-state index in [0.717, 1.165) is 0 Å². The van der Waals surface area contributed by atoms with Gasteiger partial charge in [-0.15, -0.1) is 0 Å². The van der Waals surface area contributed by atoms with E-state index in [0.29, 0.717) is 30.3 Å². The summed E-state index contributed by atoms with van der Waals surface area (Å²) in [4.78, 5) is 10.8. The fraction of sp³-hybridized carbons (Fsp3) is 0.417. The van der Waals surface area contributed by atoms with Crippen LogP contribution in [0, 0.1) is 0 Å². The molecule has 0 aliphatic heterocycles. The highest BCUT2D eigenvalue weighted by Gasteiger charge is 2.03. The lowest BCUT2D eigenvalue weighted by molar-refractivity contribution is -0.129. The average molecular weight is 255 g/mol. The third-order valence-electron chi connectivity index (χ3n) is 2.27. The molecule has 0 unspecified atom stereocenters. The Hall–Kier alpha value is -1.95. The standard InChI is InChI=1S/C12H17NO5/c1-16-9-6-10(17-2)8-11(7-9)18-5-3-4-12(14)13-15/h6-8,15H,3-5H2,1-2H3,(H,13,14). The Morgan fingerprint density at radius 2 is 1.72 bits per heavy atom. The topological polar surface area (TPSA) is 77.0 Å². The van der Waals surface area contributed by atoms with Gasteiger partial charge in [0.1, 0.15) is 17.2 Å². The first-order valence-electron chi connectivity index (χ1n) is 5.48. The van der Waals surface area contributed by atoms with Gasteiger partial charge in [0.15, 0.2) is 0 Å². The molecule has 1 rings (SSSR count). The van der Waals surface area contributed by atoms with Crippen LogP contribution in [0.2, 0.25) is 0 Å². The van der Waals surface area contributed by atoms with E-state index in [1.165, 1.54) is 0 Å². The van der Waals surface area contributed by atoms with Crippen LogP contribution in [0.5, 0.6) is 17.2 Å². The lowest BCUT2D eigenvalue weighted by Crippen LogP contribution is -2.18. The SMILES string of the molecule is COc1cc(OC)cc(OCCCC(=O)NO)c1. The van der Waals surface area contributed by atoms with E-state index in [-0.39, 0.29) is 6.42 Å². The van der Waals surface area contributed by atoms with Gasteiger partial charge in [0.25, 0.3) is 0 Å². The third kappa shape index (κ3) is 4.50. The van der Waals surface area contributed by atoms with Crippen molar-refractivity contribution in [1.82, 2.24) is 5.48 Å². The molecule has 6 nitrogen and oxygen atoms in total. The molecule has 0 aromatic heterocycles. The van der Waals surface area contributed by atoms with E-state index in [2.05, 4.69) is 0 Å². The highest BCUT2D eigenvalue weighted by molar-refractivity contribution is 5.74. The Morgan fingerprint density at radius 1 is 1.17 bits per heavy atom. The molecule has 2 N–H and O–H groups in total. The summed E-state index contributed by atoms with van der Waals surface area (Å²) in [6, 6.07) is 5.20. The first-order valence-corrected chi connectivity index (χ1v) is 5.48. The fourth-order valence-corrected chi connectivity index (χ4v) is 1.34. The average Bonchev–Trinajstić information content (AvgIpc) is 2.42. The second-order valence-electron chi connectivity index (χ2n) is 3.54. The van der Waals surface area contributed by atoms with Gasteiger partial charge in [0.05, 0.1) is 20.8 Å². The zero-order chi connectivity index (χ0) is 13.4. The lowest BCUT2D eigenvalue weighted by atomic mass is 10.3. The lowest BCUT2D eigenvalue weighted by Gasteiger charge is -2.09. The predicted molar refractivity (Wildman–Crippen MR) is 64.2 cm³/mol. The van der Waals surface area contributed by atoms with Crippen molar-refractivity contribution in [3.8, 4) is 17.2 Å². The normalized spacial score (nSPS) is 9.72. The highest BCUT2D eigenvalue weighted by atomic mass is 16.5. The number of carbonyl (C=O) groups excluding carboxylic acids is 1. The van der Waals surface area contributed by atoms with Gasteiger partial charge in [-0.25, -0.2) is 5.48 Å². The Kier molecular flexibility index (Phi) is 5.79. The maximum absolute atomic E-state index is 10.8.